The molecule has 0 fully saturated rings. The van der Waals surface area contributed by atoms with E-state index in [1.165, 1.54) is 0 Å². The number of benzene rings is 2. The first-order valence-corrected chi connectivity index (χ1v) is 6.98. The summed E-state index contributed by atoms with van der Waals surface area (Å²) in [5.74, 6) is -0.254. The van der Waals surface area contributed by atoms with Crippen LogP contribution in [-0.4, -0.2) is 12.6 Å². The molecule has 0 bridgehead atoms. The molecule has 0 heterocycles. The highest BCUT2D eigenvalue weighted by molar-refractivity contribution is 5.97. The van der Waals surface area contributed by atoms with Crippen LogP contribution < -0.4 is 0 Å². The molecular formula is C18H16O2. The normalized spacial score (nSPS) is 11.8. The zero-order chi connectivity index (χ0) is 13.9. The quantitative estimate of drug-likeness (QED) is 0.524. The first kappa shape index (κ1) is 12.9. The minimum Gasteiger partial charge on any atom is -0.462 e. The van der Waals surface area contributed by atoms with Crippen LogP contribution in [-0.2, 0) is 4.74 Å². The van der Waals surface area contributed by atoms with Gasteiger partial charge in [0.25, 0.3) is 0 Å². The van der Waals surface area contributed by atoms with Gasteiger partial charge in [0.2, 0.25) is 0 Å². The molecule has 1 aliphatic rings. The number of ether oxygens (including phenoxy) is 1. The highest BCUT2D eigenvalue weighted by Gasteiger charge is 2.24. The van der Waals surface area contributed by atoms with E-state index >= 15 is 0 Å². The minimum absolute atomic E-state index is 0.254. The van der Waals surface area contributed by atoms with E-state index in [4.69, 9.17) is 4.74 Å². The number of hydrogen-bond acceptors (Lipinski definition) is 2. The number of rotatable bonds is 4. The van der Waals surface area contributed by atoms with Crippen LogP contribution in [0.4, 0.5) is 0 Å². The Labute approximate surface area is 119 Å². The Bertz CT molecular complexity index is 644. The molecular weight excluding hydrogens is 248 g/mol. The summed E-state index contributed by atoms with van der Waals surface area (Å²) in [7, 11) is 0. The van der Waals surface area contributed by atoms with E-state index in [2.05, 4.69) is 19.4 Å². The van der Waals surface area contributed by atoms with Crippen LogP contribution in [0.25, 0.3) is 11.1 Å². The predicted octanol–water partition coefficient (Wildman–Crippen LogP) is 4.10. The van der Waals surface area contributed by atoms with Crippen LogP contribution in [0.1, 0.15) is 41.3 Å². The van der Waals surface area contributed by atoms with Gasteiger partial charge in [0.05, 0.1) is 18.6 Å². The lowest BCUT2D eigenvalue weighted by molar-refractivity contribution is 0.0499. The van der Waals surface area contributed by atoms with E-state index in [1.54, 1.807) is 0 Å². The maximum Gasteiger partial charge on any atom is 0.338 e. The van der Waals surface area contributed by atoms with Gasteiger partial charge in [0.1, 0.15) is 0 Å². The van der Waals surface area contributed by atoms with Crippen molar-refractivity contribution in [1.29, 1.82) is 0 Å². The van der Waals surface area contributed by atoms with Crippen LogP contribution in [0.15, 0.2) is 42.5 Å². The maximum absolute atomic E-state index is 12.2. The monoisotopic (exact) mass is 264 g/mol. The Hall–Kier alpha value is -2.09. The van der Waals surface area contributed by atoms with Gasteiger partial charge >= 0.3 is 5.97 Å². The molecule has 100 valence electrons. The fourth-order valence-corrected chi connectivity index (χ4v) is 2.43. The van der Waals surface area contributed by atoms with E-state index in [1.807, 2.05) is 36.4 Å². The summed E-state index contributed by atoms with van der Waals surface area (Å²) in [5.41, 5.74) is 4.69. The molecule has 0 amide bonds. The first-order valence-electron chi connectivity index (χ1n) is 6.98. The van der Waals surface area contributed by atoms with Gasteiger partial charge in [-0.1, -0.05) is 49.7 Å². The minimum atomic E-state index is -0.254. The van der Waals surface area contributed by atoms with Gasteiger partial charge in [0.15, 0.2) is 0 Å². The van der Waals surface area contributed by atoms with Crippen molar-refractivity contribution in [2.45, 2.75) is 19.8 Å². The fraction of sp³-hybridized carbons (Fsp3) is 0.222. The Balaban J connectivity index is 1.91. The van der Waals surface area contributed by atoms with Gasteiger partial charge in [-0.05, 0) is 34.7 Å². The summed E-state index contributed by atoms with van der Waals surface area (Å²) in [6.45, 7) is 2.55. The molecule has 0 N–H and O–H groups in total. The van der Waals surface area contributed by atoms with Crippen molar-refractivity contribution in [3.8, 4) is 11.1 Å². The molecule has 2 aromatic carbocycles. The number of hydrogen-bond donors (Lipinski definition) is 0. The van der Waals surface area contributed by atoms with Gasteiger partial charge in [-0.25, -0.2) is 4.79 Å². The molecule has 0 saturated carbocycles. The number of carbonyl (C=O) groups excluding carboxylic acids is 1. The third kappa shape index (κ3) is 2.22. The average molecular weight is 264 g/mol. The Morgan fingerprint density at radius 1 is 1.10 bits per heavy atom. The van der Waals surface area contributed by atoms with Crippen molar-refractivity contribution in [3.05, 3.63) is 65.6 Å². The molecule has 20 heavy (non-hydrogen) atoms. The number of carbonyl (C=O) groups is 1. The second kappa shape index (κ2) is 5.49. The van der Waals surface area contributed by atoms with E-state index < -0.39 is 0 Å². The molecule has 3 rings (SSSR count). The molecule has 0 spiro atoms. The van der Waals surface area contributed by atoms with Crippen LogP contribution in [0.2, 0.25) is 0 Å². The standard InChI is InChI=1S/C18H16O2/c1-2-3-11-20-18(19)16-10-6-9-15-14-8-5-4-7-13(14)12-17(15)16/h4-10H,2-3,11H2,1H3. The van der Waals surface area contributed by atoms with Gasteiger partial charge in [-0.15, -0.1) is 0 Å². The van der Waals surface area contributed by atoms with Gasteiger partial charge in [0, 0.05) is 0 Å². The predicted molar refractivity (Wildman–Crippen MR) is 78.5 cm³/mol. The lowest BCUT2D eigenvalue weighted by atomic mass is 10.0. The van der Waals surface area contributed by atoms with Gasteiger partial charge in [-0.3, -0.25) is 0 Å². The van der Waals surface area contributed by atoms with Crippen molar-refractivity contribution in [2.75, 3.05) is 6.61 Å². The molecule has 0 saturated heterocycles. The van der Waals surface area contributed by atoms with Crippen LogP contribution in [0.3, 0.4) is 0 Å². The molecule has 0 unspecified atom stereocenters. The van der Waals surface area contributed by atoms with Crippen molar-refractivity contribution >= 4 is 5.97 Å². The van der Waals surface area contributed by atoms with E-state index in [9.17, 15) is 4.79 Å². The zero-order valence-electron chi connectivity index (χ0n) is 11.5. The second-order valence-electron chi connectivity index (χ2n) is 4.89. The number of fused-ring (bicyclic) bond motifs is 3. The third-order valence-corrected chi connectivity index (χ3v) is 3.49. The van der Waals surface area contributed by atoms with Crippen LogP contribution in [0.5, 0.6) is 0 Å². The molecule has 2 heteroatoms. The van der Waals surface area contributed by atoms with Crippen molar-refractivity contribution in [1.82, 2.24) is 0 Å². The van der Waals surface area contributed by atoms with E-state index in [0.717, 1.165) is 35.1 Å². The number of unbranched alkanes of at least 4 members (excludes halogenated alkanes) is 1. The smallest absolute Gasteiger partial charge is 0.338 e. The summed E-state index contributed by atoms with van der Waals surface area (Å²) >= 11 is 0. The van der Waals surface area contributed by atoms with E-state index in [0.29, 0.717) is 12.2 Å². The third-order valence-electron chi connectivity index (χ3n) is 3.49. The highest BCUT2D eigenvalue weighted by atomic mass is 16.5. The van der Waals surface area contributed by atoms with Crippen LogP contribution >= 0.6 is 0 Å². The molecule has 2 nitrogen and oxygen atoms in total. The Morgan fingerprint density at radius 2 is 1.90 bits per heavy atom. The van der Waals surface area contributed by atoms with Gasteiger partial charge in [-0.2, -0.15) is 0 Å². The zero-order valence-corrected chi connectivity index (χ0v) is 11.5. The maximum atomic E-state index is 12.2. The first-order chi connectivity index (χ1) is 9.81. The molecule has 0 atom stereocenters. The van der Waals surface area contributed by atoms with Crippen LogP contribution in [0, 0.1) is 6.42 Å². The van der Waals surface area contributed by atoms with E-state index in [-0.39, 0.29) is 5.97 Å². The highest BCUT2D eigenvalue weighted by Crippen LogP contribution is 2.39. The van der Waals surface area contributed by atoms with Crippen molar-refractivity contribution in [2.24, 2.45) is 0 Å². The largest absolute Gasteiger partial charge is 0.462 e. The molecule has 2 aromatic rings. The van der Waals surface area contributed by atoms with Gasteiger partial charge < -0.3 is 4.74 Å². The SMILES string of the molecule is CCCCOC(=O)c1cccc2c1[C]c1ccccc1-2. The summed E-state index contributed by atoms with van der Waals surface area (Å²) in [6.07, 6.45) is 5.23. The second-order valence-corrected chi connectivity index (χ2v) is 4.89. The Kier molecular flexibility index (Phi) is 3.55. The summed E-state index contributed by atoms with van der Waals surface area (Å²) in [4.78, 5) is 12.2. The van der Waals surface area contributed by atoms with Crippen molar-refractivity contribution in [3.63, 3.8) is 0 Å². The Morgan fingerprint density at radius 3 is 2.75 bits per heavy atom. The average Bonchev–Trinajstić information content (AvgIpc) is 2.86. The van der Waals surface area contributed by atoms with Crippen molar-refractivity contribution < 1.29 is 9.53 Å². The fourth-order valence-electron chi connectivity index (χ4n) is 2.43. The molecule has 0 aromatic heterocycles. The topological polar surface area (TPSA) is 26.3 Å². The molecule has 1 aliphatic carbocycles. The summed E-state index contributed by atoms with van der Waals surface area (Å²) in [6, 6.07) is 13.8. The lowest BCUT2D eigenvalue weighted by Gasteiger charge is -2.08. The molecule has 0 aliphatic heterocycles. The lowest BCUT2D eigenvalue weighted by Crippen LogP contribution is -2.08. The number of esters is 1. The summed E-state index contributed by atoms with van der Waals surface area (Å²) < 4.78 is 5.31. The summed E-state index contributed by atoms with van der Waals surface area (Å²) in [5, 5.41) is 0. The molecule has 2 radical (unpaired) electrons.